The van der Waals surface area contributed by atoms with E-state index in [9.17, 15) is 17.6 Å². The van der Waals surface area contributed by atoms with Crippen LogP contribution in [0.5, 0.6) is 0 Å². The molecule has 0 aliphatic rings. The fourth-order valence-electron chi connectivity index (χ4n) is 2.13. The molecule has 0 heterocycles. The third kappa shape index (κ3) is 4.78. The Kier molecular flexibility index (Phi) is 5.99. The highest BCUT2D eigenvalue weighted by Gasteiger charge is 2.34. The SMILES string of the molecule is CCCCC(NC(C)C)c1ccc(F)c(C(F)(F)F)c1. The molecule has 0 bridgehead atoms. The lowest BCUT2D eigenvalue weighted by molar-refractivity contribution is -0.140. The first-order chi connectivity index (χ1) is 9.25. The maximum absolute atomic E-state index is 13.3. The van der Waals surface area contributed by atoms with Gasteiger partial charge in [0.2, 0.25) is 0 Å². The van der Waals surface area contributed by atoms with Gasteiger partial charge >= 0.3 is 6.18 Å². The van der Waals surface area contributed by atoms with Gasteiger partial charge in [0, 0.05) is 12.1 Å². The third-order valence-corrected chi connectivity index (χ3v) is 3.08. The average molecular weight is 291 g/mol. The predicted molar refractivity (Wildman–Crippen MR) is 71.9 cm³/mol. The van der Waals surface area contributed by atoms with Crippen molar-refractivity contribution in [3.8, 4) is 0 Å². The molecule has 1 rings (SSSR count). The summed E-state index contributed by atoms with van der Waals surface area (Å²) in [5, 5.41) is 3.24. The first-order valence-corrected chi connectivity index (χ1v) is 6.88. The number of benzene rings is 1. The van der Waals surface area contributed by atoms with Gasteiger partial charge < -0.3 is 5.32 Å². The highest BCUT2D eigenvalue weighted by Crippen LogP contribution is 2.33. The van der Waals surface area contributed by atoms with Crippen LogP contribution in [0.4, 0.5) is 17.6 Å². The Labute approximate surface area is 117 Å². The minimum absolute atomic E-state index is 0.149. The molecule has 114 valence electrons. The van der Waals surface area contributed by atoms with Crippen LogP contribution in [0.2, 0.25) is 0 Å². The van der Waals surface area contributed by atoms with Gasteiger partial charge in [-0.3, -0.25) is 0 Å². The summed E-state index contributed by atoms with van der Waals surface area (Å²) in [5.41, 5.74) is -0.706. The standard InChI is InChI=1S/C15H21F4N/c1-4-5-6-14(20-10(2)3)11-7-8-13(16)12(9-11)15(17,18)19/h7-10,14,20H,4-6H2,1-3H3. The number of alkyl halides is 3. The van der Waals surface area contributed by atoms with E-state index in [1.807, 2.05) is 20.8 Å². The third-order valence-electron chi connectivity index (χ3n) is 3.08. The molecular weight excluding hydrogens is 270 g/mol. The average Bonchev–Trinajstić information content (AvgIpc) is 2.33. The van der Waals surface area contributed by atoms with Crippen molar-refractivity contribution in [2.24, 2.45) is 0 Å². The molecule has 0 saturated carbocycles. The van der Waals surface area contributed by atoms with Crippen molar-refractivity contribution in [2.45, 2.75) is 58.3 Å². The van der Waals surface area contributed by atoms with E-state index in [2.05, 4.69) is 5.32 Å². The first-order valence-electron chi connectivity index (χ1n) is 6.88. The van der Waals surface area contributed by atoms with Crippen LogP contribution in [0.25, 0.3) is 0 Å². The van der Waals surface area contributed by atoms with Crippen LogP contribution in [0.15, 0.2) is 18.2 Å². The molecule has 5 heteroatoms. The molecule has 1 aromatic rings. The molecule has 1 unspecified atom stereocenters. The second kappa shape index (κ2) is 7.07. The summed E-state index contributed by atoms with van der Waals surface area (Å²) >= 11 is 0. The van der Waals surface area contributed by atoms with E-state index in [4.69, 9.17) is 0 Å². The predicted octanol–water partition coefficient (Wildman–Crippen LogP) is 5.07. The maximum Gasteiger partial charge on any atom is 0.419 e. The van der Waals surface area contributed by atoms with Gasteiger partial charge in [-0.05, 0) is 24.1 Å². The fourth-order valence-corrected chi connectivity index (χ4v) is 2.13. The topological polar surface area (TPSA) is 12.0 Å². The smallest absolute Gasteiger partial charge is 0.308 e. The lowest BCUT2D eigenvalue weighted by Gasteiger charge is -2.22. The zero-order chi connectivity index (χ0) is 15.3. The van der Waals surface area contributed by atoms with E-state index in [-0.39, 0.29) is 12.1 Å². The number of rotatable bonds is 6. The molecule has 1 nitrogen and oxygen atoms in total. The van der Waals surface area contributed by atoms with Crippen LogP contribution in [0, 0.1) is 5.82 Å². The van der Waals surface area contributed by atoms with Crippen molar-refractivity contribution in [1.29, 1.82) is 0 Å². The van der Waals surface area contributed by atoms with E-state index in [1.54, 1.807) is 0 Å². The summed E-state index contributed by atoms with van der Waals surface area (Å²) in [7, 11) is 0. The van der Waals surface area contributed by atoms with Gasteiger partial charge in [-0.2, -0.15) is 13.2 Å². The van der Waals surface area contributed by atoms with Gasteiger partial charge in [0.1, 0.15) is 5.82 Å². The number of halogens is 4. The molecule has 1 aromatic carbocycles. The van der Waals surface area contributed by atoms with Crippen molar-refractivity contribution < 1.29 is 17.6 Å². The molecule has 0 aliphatic heterocycles. The summed E-state index contributed by atoms with van der Waals surface area (Å²) in [6.45, 7) is 5.90. The molecule has 0 saturated heterocycles. The number of nitrogens with one attached hydrogen (secondary N) is 1. The molecule has 0 aromatic heterocycles. The van der Waals surface area contributed by atoms with Crippen molar-refractivity contribution >= 4 is 0 Å². The summed E-state index contributed by atoms with van der Waals surface area (Å²) in [5.74, 6) is -1.22. The molecule has 0 radical (unpaired) electrons. The zero-order valence-electron chi connectivity index (χ0n) is 12.0. The monoisotopic (exact) mass is 291 g/mol. The van der Waals surface area contributed by atoms with Gasteiger partial charge in [-0.15, -0.1) is 0 Å². The molecular formula is C15H21F4N. The molecule has 0 amide bonds. The normalized spacial score (nSPS) is 13.8. The van der Waals surface area contributed by atoms with Crippen molar-refractivity contribution in [1.82, 2.24) is 5.32 Å². The Bertz CT molecular complexity index is 426. The summed E-state index contributed by atoms with van der Waals surface area (Å²) < 4.78 is 51.5. The highest BCUT2D eigenvalue weighted by atomic mass is 19.4. The summed E-state index contributed by atoms with van der Waals surface area (Å²) in [6.07, 6.45) is -2.06. The zero-order valence-corrected chi connectivity index (χ0v) is 12.0. The van der Waals surface area contributed by atoms with Crippen LogP contribution in [-0.2, 0) is 6.18 Å². The maximum atomic E-state index is 13.3. The number of hydrogen-bond donors (Lipinski definition) is 1. The van der Waals surface area contributed by atoms with Crippen LogP contribution < -0.4 is 5.32 Å². The molecule has 0 aliphatic carbocycles. The number of hydrogen-bond acceptors (Lipinski definition) is 1. The van der Waals surface area contributed by atoms with E-state index >= 15 is 0 Å². The Balaban J connectivity index is 3.07. The Hall–Kier alpha value is -1.10. The van der Waals surface area contributed by atoms with E-state index in [0.717, 1.165) is 31.4 Å². The van der Waals surface area contributed by atoms with Crippen molar-refractivity contribution in [3.05, 3.63) is 35.1 Å². The summed E-state index contributed by atoms with van der Waals surface area (Å²) in [6, 6.07) is 3.22. The molecule has 1 atom stereocenters. The van der Waals surface area contributed by atoms with Crippen LogP contribution in [0.1, 0.15) is 57.2 Å². The van der Waals surface area contributed by atoms with Gasteiger partial charge in [0.05, 0.1) is 5.56 Å². The quantitative estimate of drug-likeness (QED) is 0.721. The highest BCUT2D eigenvalue weighted by molar-refractivity contribution is 5.29. The number of unbranched alkanes of at least 4 members (excludes halogenated alkanes) is 1. The van der Waals surface area contributed by atoms with Crippen LogP contribution >= 0.6 is 0 Å². The molecule has 0 fully saturated rings. The summed E-state index contributed by atoms with van der Waals surface area (Å²) in [4.78, 5) is 0. The second-order valence-electron chi connectivity index (χ2n) is 5.25. The van der Waals surface area contributed by atoms with Gasteiger partial charge in [0.25, 0.3) is 0 Å². The van der Waals surface area contributed by atoms with E-state index in [1.165, 1.54) is 6.07 Å². The van der Waals surface area contributed by atoms with Crippen LogP contribution in [0.3, 0.4) is 0 Å². The Morgan fingerprint density at radius 2 is 1.85 bits per heavy atom. The van der Waals surface area contributed by atoms with Gasteiger partial charge in [-0.25, -0.2) is 4.39 Å². The fraction of sp³-hybridized carbons (Fsp3) is 0.600. The van der Waals surface area contributed by atoms with E-state index in [0.29, 0.717) is 5.56 Å². The van der Waals surface area contributed by atoms with Gasteiger partial charge in [0.15, 0.2) is 0 Å². The van der Waals surface area contributed by atoms with E-state index < -0.39 is 17.6 Å². The second-order valence-corrected chi connectivity index (χ2v) is 5.25. The van der Waals surface area contributed by atoms with Gasteiger partial charge in [-0.1, -0.05) is 39.7 Å². The minimum atomic E-state index is -4.66. The molecule has 20 heavy (non-hydrogen) atoms. The largest absolute Gasteiger partial charge is 0.419 e. The Morgan fingerprint density at radius 3 is 2.35 bits per heavy atom. The van der Waals surface area contributed by atoms with Crippen molar-refractivity contribution in [2.75, 3.05) is 0 Å². The lowest BCUT2D eigenvalue weighted by atomic mass is 9.98. The first kappa shape index (κ1) is 17.0. The molecule has 0 spiro atoms. The minimum Gasteiger partial charge on any atom is -0.308 e. The van der Waals surface area contributed by atoms with Crippen molar-refractivity contribution in [3.63, 3.8) is 0 Å². The van der Waals surface area contributed by atoms with Crippen LogP contribution in [-0.4, -0.2) is 6.04 Å². The lowest BCUT2D eigenvalue weighted by Crippen LogP contribution is -2.28. The Morgan fingerprint density at radius 1 is 1.20 bits per heavy atom. The molecule has 1 N–H and O–H groups in total.